The van der Waals surface area contributed by atoms with Crippen LogP contribution >= 0.6 is 0 Å². The second kappa shape index (κ2) is 7.34. The third-order valence-corrected chi connectivity index (χ3v) is 6.59. The van der Waals surface area contributed by atoms with Gasteiger partial charge < -0.3 is 9.80 Å². The van der Waals surface area contributed by atoms with Crippen molar-refractivity contribution in [1.29, 1.82) is 0 Å². The van der Waals surface area contributed by atoms with E-state index in [1.165, 1.54) is 0 Å². The van der Waals surface area contributed by atoms with Crippen LogP contribution in [-0.2, 0) is 14.6 Å². The number of piperidine rings is 1. The molecular weight excluding hydrogens is 312 g/mol. The SMILES string of the molecule is CC(C)S(=O)(=O)CC(=O)N(C)C1CCCN(c2ccccc2)C1. The van der Waals surface area contributed by atoms with Gasteiger partial charge in [0.1, 0.15) is 5.75 Å². The van der Waals surface area contributed by atoms with Crippen LogP contribution in [0.15, 0.2) is 30.3 Å². The van der Waals surface area contributed by atoms with Gasteiger partial charge in [-0.25, -0.2) is 8.42 Å². The van der Waals surface area contributed by atoms with Crippen molar-refractivity contribution in [3.05, 3.63) is 30.3 Å². The van der Waals surface area contributed by atoms with E-state index in [-0.39, 0.29) is 11.9 Å². The Labute approximate surface area is 139 Å². The summed E-state index contributed by atoms with van der Waals surface area (Å²) in [5.41, 5.74) is 1.15. The lowest BCUT2D eigenvalue weighted by atomic mass is 10.0. The van der Waals surface area contributed by atoms with Gasteiger partial charge in [0.05, 0.1) is 5.25 Å². The molecule has 2 rings (SSSR count). The average Bonchev–Trinajstić information content (AvgIpc) is 2.54. The third kappa shape index (κ3) is 4.47. The lowest BCUT2D eigenvalue weighted by Gasteiger charge is -2.39. The molecule has 1 atom stereocenters. The molecule has 1 fully saturated rings. The summed E-state index contributed by atoms with van der Waals surface area (Å²) in [7, 11) is -1.63. The summed E-state index contributed by atoms with van der Waals surface area (Å²) in [5, 5.41) is -0.521. The van der Waals surface area contributed by atoms with Gasteiger partial charge in [0.15, 0.2) is 9.84 Å². The highest BCUT2D eigenvalue weighted by molar-refractivity contribution is 7.92. The Bertz CT molecular complexity index is 628. The quantitative estimate of drug-likeness (QED) is 0.823. The van der Waals surface area contributed by atoms with Crippen molar-refractivity contribution in [2.24, 2.45) is 0 Å². The fraction of sp³-hybridized carbons (Fsp3) is 0.588. The highest BCUT2D eigenvalue weighted by Gasteiger charge is 2.29. The summed E-state index contributed by atoms with van der Waals surface area (Å²) in [4.78, 5) is 16.2. The van der Waals surface area contributed by atoms with Gasteiger partial charge in [-0.2, -0.15) is 0 Å². The van der Waals surface area contributed by atoms with Gasteiger partial charge in [-0.3, -0.25) is 4.79 Å². The minimum atomic E-state index is -3.35. The molecule has 1 aliphatic rings. The van der Waals surface area contributed by atoms with Crippen molar-refractivity contribution in [3.8, 4) is 0 Å². The first-order valence-electron chi connectivity index (χ1n) is 8.08. The molecule has 0 N–H and O–H groups in total. The van der Waals surface area contributed by atoms with Gasteiger partial charge in [-0.15, -0.1) is 0 Å². The zero-order valence-corrected chi connectivity index (χ0v) is 14.9. The summed E-state index contributed by atoms with van der Waals surface area (Å²) < 4.78 is 23.9. The van der Waals surface area contributed by atoms with Gasteiger partial charge in [0, 0.05) is 31.9 Å². The second-order valence-electron chi connectivity index (χ2n) is 6.44. The number of carbonyl (C=O) groups excluding carboxylic acids is 1. The van der Waals surface area contributed by atoms with Gasteiger partial charge in [-0.1, -0.05) is 18.2 Å². The van der Waals surface area contributed by atoms with E-state index in [0.717, 1.165) is 31.6 Å². The Morgan fingerprint density at radius 2 is 1.96 bits per heavy atom. The number of nitrogens with zero attached hydrogens (tertiary/aromatic N) is 2. The number of amides is 1. The molecule has 0 aliphatic carbocycles. The normalized spacial score (nSPS) is 19.0. The smallest absolute Gasteiger partial charge is 0.237 e. The average molecular weight is 338 g/mol. The Kier molecular flexibility index (Phi) is 5.68. The van der Waals surface area contributed by atoms with E-state index < -0.39 is 20.8 Å². The Balaban J connectivity index is 2.02. The van der Waals surface area contributed by atoms with E-state index in [1.54, 1.807) is 25.8 Å². The van der Waals surface area contributed by atoms with Crippen molar-refractivity contribution in [3.63, 3.8) is 0 Å². The van der Waals surface area contributed by atoms with Gasteiger partial charge in [0.2, 0.25) is 5.91 Å². The summed E-state index contributed by atoms with van der Waals surface area (Å²) in [6, 6.07) is 10.2. The zero-order chi connectivity index (χ0) is 17.0. The van der Waals surface area contributed by atoms with Gasteiger partial charge >= 0.3 is 0 Å². The molecule has 0 radical (unpaired) electrons. The molecule has 1 aliphatic heterocycles. The van der Waals surface area contributed by atoms with Crippen LogP contribution in [0.1, 0.15) is 26.7 Å². The minimum absolute atomic E-state index is 0.0545. The van der Waals surface area contributed by atoms with Crippen LogP contribution in [0.2, 0.25) is 0 Å². The van der Waals surface area contributed by atoms with Crippen LogP contribution in [-0.4, -0.2) is 56.4 Å². The minimum Gasteiger partial charge on any atom is -0.369 e. The lowest BCUT2D eigenvalue weighted by molar-refractivity contribution is -0.129. The number of sulfone groups is 1. The first kappa shape index (κ1) is 17.8. The van der Waals surface area contributed by atoms with Crippen LogP contribution in [0.4, 0.5) is 5.69 Å². The molecule has 0 saturated carbocycles. The molecule has 1 saturated heterocycles. The topological polar surface area (TPSA) is 57.7 Å². The number of hydrogen-bond donors (Lipinski definition) is 0. The Hall–Kier alpha value is -1.56. The maximum absolute atomic E-state index is 12.3. The molecule has 23 heavy (non-hydrogen) atoms. The summed E-state index contributed by atoms with van der Waals surface area (Å²) in [6.45, 7) is 4.93. The summed E-state index contributed by atoms with van der Waals surface area (Å²) >= 11 is 0. The second-order valence-corrected chi connectivity index (χ2v) is 9.00. The van der Waals surface area contributed by atoms with E-state index >= 15 is 0 Å². The van der Waals surface area contributed by atoms with Crippen molar-refractivity contribution < 1.29 is 13.2 Å². The number of rotatable bonds is 5. The van der Waals surface area contributed by atoms with E-state index in [4.69, 9.17) is 0 Å². The first-order valence-corrected chi connectivity index (χ1v) is 9.80. The van der Waals surface area contributed by atoms with Crippen molar-refractivity contribution >= 4 is 21.4 Å². The number of para-hydroxylation sites is 1. The molecular formula is C17H26N2O3S. The van der Waals surface area contributed by atoms with Crippen LogP contribution in [0.25, 0.3) is 0 Å². The Morgan fingerprint density at radius 3 is 2.57 bits per heavy atom. The van der Waals surface area contributed by atoms with Crippen molar-refractivity contribution in [1.82, 2.24) is 4.90 Å². The molecule has 6 heteroatoms. The van der Waals surface area contributed by atoms with Gasteiger partial charge in [0.25, 0.3) is 0 Å². The molecule has 1 aromatic rings. The Morgan fingerprint density at radius 1 is 1.30 bits per heavy atom. The third-order valence-electron chi connectivity index (χ3n) is 4.50. The highest BCUT2D eigenvalue weighted by Crippen LogP contribution is 2.22. The fourth-order valence-electron chi connectivity index (χ4n) is 2.79. The fourth-order valence-corrected chi connectivity index (χ4v) is 3.67. The number of likely N-dealkylation sites (N-methyl/N-ethyl adjacent to an activating group) is 1. The number of carbonyl (C=O) groups is 1. The molecule has 1 unspecified atom stereocenters. The first-order chi connectivity index (χ1) is 10.8. The predicted octanol–water partition coefficient (Wildman–Crippen LogP) is 1.94. The maximum atomic E-state index is 12.3. The molecule has 0 bridgehead atoms. The van der Waals surface area contributed by atoms with E-state index in [2.05, 4.69) is 17.0 Å². The molecule has 1 aromatic carbocycles. The maximum Gasteiger partial charge on any atom is 0.237 e. The van der Waals surface area contributed by atoms with E-state index in [0.29, 0.717) is 0 Å². The predicted molar refractivity (Wildman–Crippen MR) is 93.4 cm³/mol. The summed E-state index contributed by atoms with van der Waals surface area (Å²) in [5.74, 6) is -0.707. The molecule has 1 heterocycles. The molecule has 1 amide bonds. The molecule has 0 spiro atoms. The lowest BCUT2D eigenvalue weighted by Crippen LogP contribution is -2.50. The molecule has 5 nitrogen and oxygen atoms in total. The number of hydrogen-bond acceptors (Lipinski definition) is 4. The zero-order valence-electron chi connectivity index (χ0n) is 14.1. The summed E-state index contributed by atoms with van der Waals surface area (Å²) in [6.07, 6.45) is 1.90. The van der Waals surface area contributed by atoms with E-state index in [1.807, 2.05) is 18.2 Å². The molecule has 0 aromatic heterocycles. The highest BCUT2D eigenvalue weighted by atomic mass is 32.2. The van der Waals surface area contributed by atoms with E-state index in [9.17, 15) is 13.2 Å². The number of benzene rings is 1. The van der Waals surface area contributed by atoms with Crippen LogP contribution in [0, 0.1) is 0 Å². The van der Waals surface area contributed by atoms with Crippen LogP contribution in [0.5, 0.6) is 0 Å². The standard InChI is InChI=1S/C17H26N2O3S/c1-14(2)23(21,22)13-17(20)18(3)16-10-7-11-19(12-16)15-8-5-4-6-9-15/h4-6,8-9,14,16H,7,10-13H2,1-3H3. The van der Waals surface area contributed by atoms with Gasteiger partial charge in [-0.05, 0) is 38.8 Å². The van der Waals surface area contributed by atoms with Crippen molar-refractivity contribution in [2.45, 2.75) is 38.0 Å². The van der Waals surface area contributed by atoms with Crippen LogP contribution < -0.4 is 4.90 Å². The largest absolute Gasteiger partial charge is 0.369 e. The monoisotopic (exact) mass is 338 g/mol. The number of anilines is 1. The van der Waals surface area contributed by atoms with Crippen molar-refractivity contribution in [2.75, 3.05) is 30.8 Å². The molecule has 128 valence electrons. The van der Waals surface area contributed by atoms with Crippen LogP contribution in [0.3, 0.4) is 0 Å².